The summed E-state index contributed by atoms with van der Waals surface area (Å²) in [7, 11) is 0. The van der Waals surface area contributed by atoms with Crippen LogP contribution < -0.4 is 5.32 Å². The van der Waals surface area contributed by atoms with E-state index >= 15 is 0 Å². The van der Waals surface area contributed by atoms with E-state index in [4.69, 9.17) is 11.6 Å². The van der Waals surface area contributed by atoms with Crippen molar-refractivity contribution in [2.24, 2.45) is 0 Å². The zero-order valence-electron chi connectivity index (χ0n) is 9.80. The van der Waals surface area contributed by atoms with Gasteiger partial charge in [0.05, 0.1) is 22.4 Å². The molecule has 1 aromatic carbocycles. The number of nitrogens with one attached hydrogen (secondary N) is 1. The lowest BCUT2D eigenvalue weighted by atomic mass is 10.2. The second kappa shape index (κ2) is 5.43. The van der Waals surface area contributed by atoms with Gasteiger partial charge >= 0.3 is 0 Å². The van der Waals surface area contributed by atoms with E-state index in [1.165, 1.54) is 0 Å². The van der Waals surface area contributed by atoms with Gasteiger partial charge in [0, 0.05) is 11.8 Å². The molecule has 0 bridgehead atoms. The molecule has 0 unspecified atom stereocenters. The minimum atomic E-state index is -0.282. The first-order valence-electron chi connectivity index (χ1n) is 5.49. The van der Waals surface area contributed by atoms with Crippen LogP contribution in [0.2, 0.25) is 5.02 Å². The normalized spacial score (nSPS) is 10.7. The summed E-state index contributed by atoms with van der Waals surface area (Å²) in [5.74, 6) is -0.282. The third-order valence-corrected chi connectivity index (χ3v) is 3.90. The quantitative estimate of drug-likeness (QED) is 0.699. The number of carbonyl (C=O) groups excluding carboxylic acids is 1. The molecule has 0 aliphatic heterocycles. The molecular formula is C12H6BrClN4OS. The molecule has 8 heteroatoms. The minimum Gasteiger partial charge on any atom is -0.319 e. The number of nitrogens with zero attached hydrogens (tertiary/aromatic N) is 3. The van der Waals surface area contributed by atoms with Crippen molar-refractivity contribution in [1.29, 1.82) is 0 Å². The third kappa shape index (κ3) is 2.52. The van der Waals surface area contributed by atoms with Crippen LogP contribution in [0.15, 0.2) is 35.1 Å². The third-order valence-electron chi connectivity index (χ3n) is 2.60. The van der Waals surface area contributed by atoms with Crippen molar-refractivity contribution in [1.82, 2.24) is 13.7 Å². The highest BCUT2D eigenvalue weighted by Gasteiger charge is 2.14. The number of amides is 1. The molecule has 1 amide bonds. The van der Waals surface area contributed by atoms with Gasteiger partial charge in [0.25, 0.3) is 5.91 Å². The summed E-state index contributed by atoms with van der Waals surface area (Å²) in [5, 5.41) is 3.19. The Bertz CT molecular complexity index is 807. The fraction of sp³-hybridized carbons (Fsp3) is 0. The van der Waals surface area contributed by atoms with Gasteiger partial charge in [0.1, 0.15) is 15.6 Å². The average Bonchev–Trinajstić information content (AvgIpc) is 2.90. The molecule has 0 fully saturated rings. The molecule has 0 atom stereocenters. The maximum atomic E-state index is 12.2. The fourth-order valence-corrected chi connectivity index (χ4v) is 2.78. The van der Waals surface area contributed by atoms with E-state index in [0.717, 1.165) is 11.7 Å². The predicted molar refractivity (Wildman–Crippen MR) is 82.3 cm³/mol. The van der Waals surface area contributed by atoms with Crippen LogP contribution in [0.3, 0.4) is 0 Å². The molecule has 20 heavy (non-hydrogen) atoms. The molecule has 1 N–H and O–H groups in total. The van der Waals surface area contributed by atoms with Crippen molar-refractivity contribution in [3.8, 4) is 0 Å². The van der Waals surface area contributed by atoms with E-state index < -0.39 is 0 Å². The van der Waals surface area contributed by atoms with Gasteiger partial charge in [-0.05, 0) is 40.2 Å². The van der Waals surface area contributed by atoms with Crippen molar-refractivity contribution >= 4 is 61.9 Å². The number of benzene rings is 1. The molecule has 100 valence electrons. The van der Waals surface area contributed by atoms with Gasteiger partial charge in [-0.3, -0.25) is 4.79 Å². The average molecular weight is 370 g/mol. The van der Waals surface area contributed by atoms with Gasteiger partial charge in [-0.15, -0.1) is 0 Å². The number of carbonyl (C=O) groups is 1. The summed E-state index contributed by atoms with van der Waals surface area (Å²) in [4.78, 5) is 16.2. The lowest BCUT2D eigenvalue weighted by molar-refractivity contribution is 0.102. The Kier molecular flexibility index (Phi) is 3.64. The lowest BCUT2D eigenvalue weighted by Crippen LogP contribution is -2.12. The summed E-state index contributed by atoms with van der Waals surface area (Å²) >= 11 is 10.4. The van der Waals surface area contributed by atoms with Crippen molar-refractivity contribution in [2.45, 2.75) is 0 Å². The Hall–Kier alpha value is -1.57. The van der Waals surface area contributed by atoms with Gasteiger partial charge in [0.2, 0.25) is 0 Å². The lowest BCUT2D eigenvalue weighted by Gasteiger charge is -2.07. The highest BCUT2D eigenvalue weighted by molar-refractivity contribution is 9.10. The van der Waals surface area contributed by atoms with Crippen molar-refractivity contribution < 1.29 is 4.79 Å². The first-order chi connectivity index (χ1) is 9.65. The van der Waals surface area contributed by atoms with E-state index in [-0.39, 0.29) is 5.91 Å². The number of aromatic nitrogens is 3. The smallest absolute Gasteiger partial charge is 0.255 e. The topological polar surface area (TPSA) is 67.8 Å². The maximum Gasteiger partial charge on any atom is 0.255 e. The molecule has 2 aromatic heterocycles. The number of hydrogen-bond acceptors (Lipinski definition) is 5. The van der Waals surface area contributed by atoms with E-state index in [1.807, 2.05) is 0 Å². The van der Waals surface area contributed by atoms with Crippen molar-refractivity contribution in [2.75, 3.05) is 5.32 Å². The molecule has 0 aliphatic rings. The molecule has 0 spiro atoms. The first kappa shape index (κ1) is 13.4. The number of rotatable bonds is 2. The first-order valence-corrected chi connectivity index (χ1v) is 7.39. The van der Waals surface area contributed by atoms with Crippen LogP contribution in [-0.2, 0) is 0 Å². The van der Waals surface area contributed by atoms with E-state index in [2.05, 4.69) is 35.0 Å². The van der Waals surface area contributed by atoms with Crippen LogP contribution in [0.4, 0.5) is 5.69 Å². The van der Waals surface area contributed by atoms with Gasteiger partial charge in [-0.25, -0.2) is 4.98 Å². The Morgan fingerprint density at radius 3 is 2.95 bits per heavy atom. The molecule has 3 aromatic rings. The second-order valence-electron chi connectivity index (χ2n) is 3.88. The molecule has 0 radical (unpaired) electrons. The Balaban J connectivity index is 1.99. The van der Waals surface area contributed by atoms with E-state index in [9.17, 15) is 4.79 Å². The van der Waals surface area contributed by atoms with Crippen molar-refractivity contribution in [3.63, 3.8) is 0 Å². The monoisotopic (exact) mass is 368 g/mol. The van der Waals surface area contributed by atoms with Crippen LogP contribution in [0.5, 0.6) is 0 Å². The predicted octanol–water partition coefficient (Wildman–Crippen LogP) is 3.75. The minimum absolute atomic E-state index is 0.282. The molecule has 3 rings (SSSR count). The maximum absolute atomic E-state index is 12.2. The zero-order chi connectivity index (χ0) is 14.1. The van der Waals surface area contributed by atoms with Gasteiger partial charge in [-0.1, -0.05) is 11.6 Å². The summed E-state index contributed by atoms with van der Waals surface area (Å²) in [5.41, 5.74) is 2.23. The van der Waals surface area contributed by atoms with Crippen LogP contribution in [0.1, 0.15) is 10.4 Å². The summed E-state index contributed by atoms with van der Waals surface area (Å²) < 4.78 is 8.86. The van der Waals surface area contributed by atoms with Gasteiger partial charge < -0.3 is 5.32 Å². The largest absolute Gasteiger partial charge is 0.319 e. The zero-order valence-corrected chi connectivity index (χ0v) is 13.0. The Morgan fingerprint density at radius 1 is 1.30 bits per heavy atom. The van der Waals surface area contributed by atoms with Gasteiger partial charge in [-0.2, -0.15) is 8.75 Å². The summed E-state index contributed by atoms with van der Waals surface area (Å²) in [6, 6.07) is 6.69. The summed E-state index contributed by atoms with van der Waals surface area (Å²) in [6.07, 6.45) is 1.55. The fourth-order valence-electron chi connectivity index (χ4n) is 1.68. The number of hydrogen-bond donors (Lipinski definition) is 1. The second-order valence-corrected chi connectivity index (χ2v) is 5.62. The standard InChI is InChI=1S/C12H6BrClN4OS/c13-9-5-6(3-4-15-9)12(19)16-10-7(14)1-2-8-11(10)18-20-17-8/h1-5H,(H,16,19). The molecule has 0 saturated carbocycles. The number of anilines is 1. The van der Waals surface area contributed by atoms with E-state index in [1.54, 1.807) is 30.5 Å². The number of fused-ring (bicyclic) bond motifs is 1. The molecule has 2 heterocycles. The molecule has 0 aliphatic carbocycles. The van der Waals surface area contributed by atoms with Crippen molar-refractivity contribution in [3.05, 3.63) is 45.7 Å². The summed E-state index contributed by atoms with van der Waals surface area (Å²) in [6.45, 7) is 0. The molecule has 0 saturated heterocycles. The SMILES string of the molecule is O=C(Nc1c(Cl)ccc2nsnc12)c1ccnc(Br)c1. The Morgan fingerprint density at radius 2 is 2.15 bits per heavy atom. The molecular weight excluding hydrogens is 364 g/mol. The van der Waals surface area contributed by atoms with Gasteiger partial charge in [0.15, 0.2) is 0 Å². The molecule has 5 nitrogen and oxygen atoms in total. The van der Waals surface area contributed by atoms with Crippen LogP contribution in [-0.4, -0.2) is 19.6 Å². The van der Waals surface area contributed by atoms with E-state index in [0.29, 0.717) is 31.9 Å². The van der Waals surface area contributed by atoms with Crippen LogP contribution in [0, 0.1) is 0 Å². The highest BCUT2D eigenvalue weighted by atomic mass is 79.9. The Labute approximate surface area is 131 Å². The highest BCUT2D eigenvalue weighted by Crippen LogP contribution is 2.30. The number of pyridine rings is 1. The van der Waals surface area contributed by atoms with Crippen LogP contribution >= 0.6 is 39.3 Å². The number of halogens is 2. The van der Waals surface area contributed by atoms with Crippen LogP contribution in [0.25, 0.3) is 11.0 Å².